The Morgan fingerprint density at radius 2 is 1.81 bits per heavy atom. The molecule has 1 fully saturated rings. The van der Waals surface area contributed by atoms with Crippen LogP contribution in [-0.4, -0.2) is 46.7 Å². The zero-order chi connectivity index (χ0) is 21.8. The highest BCUT2D eigenvalue weighted by molar-refractivity contribution is 7.16. The number of carbonyl (C=O) groups excluding carboxylic acids is 1. The minimum atomic E-state index is -0.166. The Kier molecular flexibility index (Phi) is 6.60. The first-order chi connectivity index (χ1) is 15.0. The predicted octanol–water partition coefficient (Wildman–Crippen LogP) is 3.06. The van der Waals surface area contributed by atoms with Crippen molar-refractivity contribution in [3.63, 3.8) is 0 Å². The number of carbonyl (C=O) groups is 1. The van der Waals surface area contributed by atoms with E-state index < -0.39 is 0 Å². The van der Waals surface area contributed by atoms with Crippen LogP contribution >= 0.6 is 11.3 Å². The number of thiazole rings is 1. The van der Waals surface area contributed by atoms with E-state index in [1.807, 2.05) is 48.7 Å². The Balaban J connectivity index is 1.55. The Hall–Kier alpha value is -2.81. The first kappa shape index (κ1) is 21.4. The maximum Gasteiger partial charge on any atom is 0.246 e. The van der Waals surface area contributed by atoms with Gasteiger partial charge in [0.05, 0.1) is 18.9 Å². The van der Waals surface area contributed by atoms with E-state index in [-0.39, 0.29) is 17.9 Å². The van der Waals surface area contributed by atoms with Crippen LogP contribution in [0.1, 0.15) is 16.3 Å². The van der Waals surface area contributed by atoms with Gasteiger partial charge in [0.1, 0.15) is 6.54 Å². The second-order valence-corrected chi connectivity index (χ2v) is 8.74. The molecule has 7 nitrogen and oxygen atoms in total. The van der Waals surface area contributed by atoms with Gasteiger partial charge in [-0.25, -0.2) is 4.98 Å². The summed E-state index contributed by atoms with van der Waals surface area (Å²) in [6.45, 7) is 7.83. The van der Waals surface area contributed by atoms with Gasteiger partial charge in [0, 0.05) is 53.6 Å². The minimum Gasteiger partial charge on any atom is -0.379 e. The van der Waals surface area contributed by atoms with Gasteiger partial charge in [-0.2, -0.15) is 0 Å². The zero-order valence-corrected chi connectivity index (χ0v) is 18.6. The first-order valence-electron chi connectivity index (χ1n) is 10.3. The normalized spacial score (nSPS) is 14.5. The van der Waals surface area contributed by atoms with E-state index in [1.54, 1.807) is 0 Å². The van der Waals surface area contributed by atoms with Crippen LogP contribution in [0.15, 0.2) is 47.3 Å². The van der Waals surface area contributed by atoms with Gasteiger partial charge in [0.2, 0.25) is 5.91 Å². The molecule has 1 aliphatic rings. The number of aryl methyl sites for hydroxylation is 2. The van der Waals surface area contributed by atoms with E-state index in [4.69, 9.17) is 9.72 Å². The summed E-state index contributed by atoms with van der Waals surface area (Å²) in [4.78, 5) is 32.6. The molecule has 31 heavy (non-hydrogen) atoms. The van der Waals surface area contributed by atoms with Crippen molar-refractivity contribution < 1.29 is 9.53 Å². The van der Waals surface area contributed by atoms with Gasteiger partial charge >= 0.3 is 0 Å². The summed E-state index contributed by atoms with van der Waals surface area (Å²) >= 11 is 1.51. The predicted molar refractivity (Wildman–Crippen MR) is 122 cm³/mol. The quantitative estimate of drug-likeness (QED) is 0.640. The van der Waals surface area contributed by atoms with E-state index in [0.717, 1.165) is 60.4 Å². The Morgan fingerprint density at radius 3 is 2.48 bits per heavy atom. The molecule has 3 heterocycles. The molecular formula is C23H26N4O3S. The van der Waals surface area contributed by atoms with Crippen LogP contribution in [0.3, 0.4) is 0 Å². The van der Waals surface area contributed by atoms with Gasteiger partial charge < -0.3 is 14.6 Å². The number of rotatable bonds is 6. The number of aromatic nitrogens is 2. The smallest absolute Gasteiger partial charge is 0.246 e. The van der Waals surface area contributed by atoms with Crippen molar-refractivity contribution in [1.82, 2.24) is 14.5 Å². The van der Waals surface area contributed by atoms with Gasteiger partial charge in [-0.3, -0.25) is 14.5 Å². The number of nitrogens with zero attached hydrogens (tertiary/aromatic N) is 3. The largest absolute Gasteiger partial charge is 0.379 e. The van der Waals surface area contributed by atoms with Crippen molar-refractivity contribution in [2.24, 2.45) is 0 Å². The lowest BCUT2D eigenvalue weighted by Crippen LogP contribution is -2.35. The van der Waals surface area contributed by atoms with Gasteiger partial charge in [-0.15, -0.1) is 0 Å². The molecule has 4 rings (SSSR count). The number of morpholine rings is 1. The molecule has 1 aliphatic heterocycles. The van der Waals surface area contributed by atoms with Crippen LogP contribution in [0.25, 0.3) is 11.3 Å². The van der Waals surface area contributed by atoms with Crippen molar-refractivity contribution in [3.05, 3.63) is 69.0 Å². The average Bonchev–Trinajstić information content (AvgIpc) is 3.14. The SMILES string of the molecule is Cc1cc(=O)cc(C)n1CC(=O)Nc1nc(-c2ccccc2)c(CN2CCOCC2)s1. The molecule has 162 valence electrons. The Labute approximate surface area is 185 Å². The third-order valence-electron chi connectivity index (χ3n) is 5.32. The van der Waals surface area contributed by atoms with Crippen LogP contribution in [0.4, 0.5) is 5.13 Å². The van der Waals surface area contributed by atoms with Gasteiger partial charge in [0.25, 0.3) is 0 Å². The highest BCUT2D eigenvalue weighted by Gasteiger charge is 2.19. The number of hydrogen-bond donors (Lipinski definition) is 1. The number of pyridine rings is 1. The molecule has 1 saturated heterocycles. The first-order valence-corrected chi connectivity index (χ1v) is 11.1. The molecule has 0 unspecified atom stereocenters. The lowest BCUT2D eigenvalue weighted by molar-refractivity contribution is -0.116. The number of hydrogen-bond acceptors (Lipinski definition) is 6. The van der Waals surface area contributed by atoms with Crippen LogP contribution in [0.2, 0.25) is 0 Å². The molecule has 8 heteroatoms. The van der Waals surface area contributed by atoms with E-state index in [9.17, 15) is 9.59 Å². The van der Waals surface area contributed by atoms with Crippen molar-refractivity contribution in [2.45, 2.75) is 26.9 Å². The highest BCUT2D eigenvalue weighted by Crippen LogP contribution is 2.32. The molecule has 0 radical (unpaired) electrons. The van der Waals surface area contributed by atoms with Crippen LogP contribution in [0.5, 0.6) is 0 Å². The molecular weight excluding hydrogens is 412 g/mol. The monoisotopic (exact) mass is 438 g/mol. The second-order valence-electron chi connectivity index (χ2n) is 7.65. The summed E-state index contributed by atoms with van der Waals surface area (Å²) < 4.78 is 7.29. The third-order valence-corrected chi connectivity index (χ3v) is 6.27. The van der Waals surface area contributed by atoms with E-state index >= 15 is 0 Å². The molecule has 2 aromatic heterocycles. The van der Waals surface area contributed by atoms with Crippen LogP contribution in [-0.2, 0) is 22.6 Å². The summed E-state index contributed by atoms with van der Waals surface area (Å²) in [5, 5.41) is 3.54. The molecule has 1 aromatic carbocycles. The van der Waals surface area contributed by atoms with Gasteiger partial charge in [-0.05, 0) is 13.8 Å². The molecule has 0 saturated carbocycles. The number of amides is 1. The van der Waals surface area contributed by atoms with Crippen molar-refractivity contribution in [1.29, 1.82) is 0 Å². The number of ether oxygens (including phenoxy) is 1. The van der Waals surface area contributed by atoms with E-state index in [1.165, 1.54) is 23.5 Å². The minimum absolute atomic E-state index is 0.0492. The lowest BCUT2D eigenvalue weighted by atomic mass is 10.1. The second kappa shape index (κ2) is 9.55. The molecule has 0 aliphatic carbocycles. The lowest BCUT2D eigenvalue weighted by Gasteiger charge is -2.26. The maximum atomic E-state index is 12.7. The highest BCUT2D eigenvalue weighted by atomic mass is 32.1. The maximum absolute atomic E-state index is 12.7. The topological polar surface area (TPSA) is 76.5 Å². The zero-order valence-electron chi connectivity index (χ0n) is 17.8. The van der Waals surface area contributed by atoms with E-state index in [0.29, 0.717) is 5.13 Å². The molecule has 3 aromatic rings. The fourth-order valence-corrected chi connectivity index (χ4v) is 4.78. The van der Waals surface area contributed by atoms with E-state index in [2.05, 4.69) is 10.2 Å². The number of benzene rings is 1. The van der Waals surface area contributed by atoms with Crippen molar-refractivity contribution >= 4 is 22.4 Å². The van der Waals surface area contributed by atoms with Gasteiger partial charge in [-0.1, -0.05) is 41.7 Å². The summed E-state index contributed by atoms with van der Waals surface area (Å²) in [5.41, 5.74) is 3.42. The summed E-state index contributed by atoms with van der Waals surface area (Å²) in [7, 11) is 0. The fraction of sp³-hybridized carbons (Fsp3) is 0.348. The summed E-state index contributed by atoms with van der Waals surface area (Å²) in [6.07, 6.45) is 0. The molecule has 1 amide bonds. The Morgan fingerprint density at radius 1 is 1.13 bits per heavy atom. The van der Waals surface area contributed by atoms with Crippen LogP contribution in [0, 0.1) is 13.8 Å². The molecule has 0 atom stereocenters. The third kappa shape index (κ3) is 5.28. The fourth-order valence-electron chi connectivity index (χ4n) is 3.74. The number of anilines is 1. The number of nitrogens with one attached hydrogen (secondary N) is 1. The molecule has 0 spiro atoms. The summed E-state index contributed by atoms with van der Waals surface area (Å²) in [5.74, 6) is -0.166. The average molecular weight is 439 g/mol. The van der Waals surface area contributed by atoms with Crippen LogP contribution < -0.4 is 10.7 Å². The molecule has 0 bridgehead atoms. The van der Waals surface area contributed by atoms with Crippen molar-refractivity contribution in [3.8, 4) is 11.3 Å². The Bertz CT molecular complexity index is 1090. The van der Waals surface area contributed by atoms with Crippen molar-refractivity contribution in [2.75, 3.05) is 31.6 Å². The standard InChI is InChI=1S/C23H26N4O3S/c1-16-12-19(28)13-17(2)27(16)15-21(29)24-23-25-22(18-6-4-3-5-7-18)20(31-23)14-26-8-10-30-11-9-26/h3-7,12-13H,8-11,14-15H2,1-2H3,(H,24,25,29). The molecule has 1 N–H and O–H groups in total. The summed E-state index contributed by atoms with van der Waals surface area (Å²) in [6, 6.07) is 13.1. The van der Waals surface area contributed by atoms with Gasteiger partial charge in [0.15, 0.2) is 10.6 Å².